The van der Waals surface area contributed by atoms with Gasteiger partial charge in [0.25, 0.3) is 11.6 Å². The van der Waals surface area contributed by atoms with Crippen LogP contribution in [0.3, 0.4) is 0 Å². The monoisotopic (exact) mass is 363 g/mol. The number of hydrogen-bond donors (Lipinski definition) is 1. The number of nitro benzene ring substituents is 1. The molecule has 1 heterocycles. The Hall–Kier alpha value is -2.71. The summed E-state index contributed by atoms with van der Waals surface area (Å²) in [5.74, 6) is 0.0418. The number of halogens is 1. The Balaban J connectivity index is 1.88. The number of thiazole rings is 1. The Morgan fingerprint density at radius 3 is 2.88 bits per heavy atom. The summed E-state index contributed by atoms with van der Waals surface area (Å²) in [6, 6.07) is 8.87. The summed E-state index contributed by atoms with van der Waals surface area (Å²) in [5.41, 5.74) is 0.655. The number of fused-ring (bicyclic) bond motifs is 1. The number of methoxy groups -OCH3 is 1. The predicted octanol–water partition coefficient (Wildman–Crippen LogP) is 4.12. The number of aromatic nitrogens is 1. The van der Waals surface area contributed by atoms with Crippen molar-refractivity contribution in [2.75, 3.05) is 12.4 Å². The molecule has 1 amide bonds. The van der Waals surface area contributed by atoms with Gasteiger partial charge in [0, 0.05) is 23.8 Å². The molecule has 0 spiro atoms. The number of anilines is 1. The maximum Gasteiger partial charge on any atom is 0.270 e. The number of amides is 1. The maximum absolute atomic E-state index is 12.2. The zero-order valence-corrected chi connectivity index (χ0v) is 13.9. The first kappa shape index (κ1) is 16.2. The Bertz CT molecular complexity index is 957. The molecular formula is C15H10ClN3O4S. The first-order chi connectivity index (χ1) is 11.5. The number of benzene rings is 2. The second-order valence-corrected chi connectivity index (χ2v) is 6.17. The number of non-ortho nitro benzene ring substituents is 1. The lowest BCUT2D eigenvalue weighted by atomic mass is 10.2. The molecule has 0 aliphatic rings. The number of rotatable bonds is 4. The Labute approximate surface area is 145 Å². The molecule has 0 aliphatic heterocycles. The first-order valence-corrected chi connectivity index (χ1v) is 7.87. The van der Waals surface area contributed by atoms with Gasteiger partial charge in [0.15, 0.2) is 5.13 Å². The van der Waals surface area contributed by atoms with E-state index in [-0.39, 0.29) is 11.3 Å². The second kappa shape index (κ2) is 6.42. The number of carbonyl (C=O) groups excluding carboxylic acids is 1. The molecule has 0 fully saturated rings. The molecule has 3 rings (SSSR count). The van der Waals surface area contributed by atoms with Crippen molar-refractivity contribution >= 4 is 49.9 Å². The summed E-state index contributed by atoms with van der Waals surface area (Å²) >= 11 is 7.30. The van der Waals surface area contributed by atoms with E-state index < -0.39 is 10.8 Å². The van der Waals surface area contributed by atoms with Gasteiger partial charge in [-0.3, -0.25) is 20.2 Å². The molecule has 122 valence electrons. The van der Waals surface area contributed by atoms with Crippen LogP contribution in [0, 0.1) is 10.1 Å². The van der Waals surface area contributed by atoms with Crippen LogP contribution in [0.25, 0.3) is 10.2 Å². The lowest BCUT2D eigenvalue weighted by Gasteiger charge is -2.01. The fraction of sp³-hybridized carbons (Fsp3) is 0.0667. The van der Waals surface area contributed by atoms with Gasteiger partial charge in [0.2, 0.25) is 0 Å². The highest BCUT2D eigenvalue weighted by Gasteiger charge is 2.14. The lowest BCUT2D eigenvalue weighted by molar-refractivity contribution is -0.384. The number of ether oxygens (including phenoxy) is 1. The van der Waals surface area contributed by atoms with E-state index in [2.05, 4.69) is 10.3 Å². The van der Waals surface area contributed by atoms with Gasteiger partial charge in [-0.05, 0) is 12.1 Å². The molecule has 2 aromatic carbocycles. The molecule has 0 atom stereocenters. The fourth-order valence-corrected chi connectivity index (χ4v) is 3.18. The molecule has 7 nitrogen and oxygen atoms in total. The highest BCUT2D eigenvalue weighted by molar-refractivity contribution is 7.22. The number of carbonyl (C=O) groups is 1. The summed E-state index contributed by atoms with van der Waals surface area (Å²) in [6.45, 7) is 0. The molecule has 0 saturated carbocycles. The minimum atomic E-state index is -0.553. The Kier molecular flexibility index (Phi) is 4.32. The lowest BCUT2D eigenvalue weighted by Crippen LogP contribution is -2.11. The maximum atomic E-state index is 12.2. The topological polar surface area (TPSA) is 94.4 Å². The van der Waals surface area contributed by atoms with Crippen LogP contribution in [0.15, 0.2) is 36.4 Å². The van der Waals surface area contributed by atoms with Gasteiger partial charge in [-0.25, -0.2) is 4.98 Å². The van der Waals surface area contributed by atoms with Crippen LogP contribution >= 0.6 is 22.9 Å². The smallest absolute Gasteiger partial charge is 0.270 e. The summed E-state index contributed by atoms with van der Waals surface area (Å²) in [4.78, 5) is 26.8. The van der Waals surface area contributed by atoms with Gasteiger partial charge in [-0.1, -0.05) is 29.0 Å². The minimum Gasteiger partial charge on any atom is -0.495 e. The number of nitrogens with zero attached hydrogens (tertiary/aromatic N) is 2. The van der Waals surface area contributed by atoms with Crippen LogP contribution in [-0.4, -0.2) is 22.9 Å². The summed E-state index contributed by atoms with van der Waals surface area (Å²) in [5, 5.41) is 14.2. The summed E-state index contributed by atoms with van der Waals surface area (Å²) in [7, 11) is 1.51. The van der Waals surface area contributed by atoms with Crippen LogP contribution in [0.2, 0.25) is 5.02 Å². The molecule has 0 saturated heterocycles. The van der Waals surface area contributed by atoms with Crippen LogP contribution in [0.4, 0.5) is 10.8 Å². The van der Waals surface area contributed by atoms with Crippen molar-refractivity contribution in [2.24, 2.45) is 0 Å². The average molecular weight is 364 g/mol. The molecule has 9 heteroatoms. The molecule has 0 radical (unpaired) electrons. The van der Waals surface area contributed by atoms with E-state index in [1.165, 1.54) is 42.7 Å². The predicted molar refractivity (Wildman–Crippen MR) is 92.2 cm³/mol. The van der Waals surface area contributed by atoms with E-state index in [1.807, 2.05) is 0 Å². The first-order valence-electron chi connectivity index (χ1n) is 6.68. The van der Waals surface area contributed by atoms with E-state index in [4.69, 9.17) is 16.3 Å². The normalized spacial score (nSPS) is 10.6. The van der Waals surface area contributed by atoms with Gasteiger partial charge in [-0.15, -0.1) is 0 Å². The zero-order valence-electron chi connectivity index (χ0n) is 12.3. The van der Waals surface area contributed by atoms with Crippen LogP contribution in [0.1, 0.15) is 10.4 Å². The number of nitrogens with one attached hydrogen (secondary N) is 1. The van der Waals surface area contributed by atoms with Crippen molar-refractivity contribution < 1.29 is 14.5 Å². The standard InChI is InChI=1S/C15H10ClN3O4S/c1-23-12-7-13-11(6-10(12)16)17-15(24-13)18-14(20)8-3-2-4-9(5-8)19(21)22/h2-7H,1H3,(H,17,18,20). The van der Waals surface area contributed by atoms with Crippen LogP contribution < -0.4 is 10.1 Å². The van der Waals surface area contributed by atoms with E-state index >= 15 is 0 Å². The largest absolute Gasteiger partial charge is 0.495 e. The quantitative estimate of drug-likeness (QED) is 0.555. The highest BCUT2D eigenvalue weighted by atomic mass is 35.5. The van der Waals surface area contributed by atoms with Crippen molar-refractivity contribution in [2.45, 2.75) is 0 Å². The van der Waals surface area contributed by atoms with Crippen molar-refractivity contribution in [1.29, 1.82) is 0 Å². The SMILES string of the molecule is COc1cc2sc(NC(=O)c3cccc([N+](=O)[O-])c3)nc2cc1Cl. The molecule has 24 heavy (non-hydrogen) atoms. The third-order valence-corrected chi connectivity index (χ3v) is 4.43. The van der Waals surface area contributed by atoms with Crippen molar-refractivity contribution in [3.8, 4) is 5.75 Å². The second-order valence-electron chi connectivity index (χ2n) is 4.74. The number of nitro groups is 1. The highest BCUT2D eigenvalue weighted by Crippen LogP contribution is 2.34. The third kappa shape index (κ3) is 3.15. The summed E-state index contributed by atoms with van der Waals surface area (Å²) in [6.07, 6.45) is 0. The molecule has 1 N–H and O–H groups in total. The Morgan fingerprint density at radius 2 is 2.17 bits per heavy atom. The Morgan fingerprint density at radius 1 is 1.38 bits per heavy atom. The van der Waals surface area contributed by atoms with Gasteiger partial charge < -0.3 is 4.74 Å². The van der Waals surface area contributed by atoms with E-state index in [9.17, 15) is 14.9 Å². The molecule has 0 unspecified atom stereocenters. The van der Waals surface area contributed by atoms with E-state index in [0.29, 0.717) is 21.4 Å². The molecular weight excluding hydrogens is 354 g/mol. The summed E-state index contributed by atoms with van der Waals surface area (Å²) < 4.78 is 5.94. The minimum absolute atomic E-state index is 0.150. The average Bonchev–Trinajstić information content (AvgIpc) is 2.94. The van der Waals surface area contributed by atoms with E-state index in [1.54, 1.807) is 12.1 Å². The molecule has 0 aliphatic carbocycles. The van der Waals surface area contributed by atoms with Crippen LogP contribution in [-0.2, 0) is 0 Å². The van der Waals surface area contributed by atoms with Gasteiger partial charge in [-0.2, -0.15) is 0 Å². The fourth-order valence-electron chi connectivity index (χ4n) is 2.07. The third-order valence-electron chi connectivity index (χ3n) is 3.20. The van der Waals surface area contributed by atoms with Gasteiger partial charge in [0.05, 0.1) is 27.3 Å². The molecule has 0 bridgehead atoms. The van der Waals surface area contributed by atoms with Gasteiger partial charge >= 0.3 is 0 Å². The van der Waals surface area contributed by atoms with E-state index in [0.717, 1.165) is 4.70 Å². The van der Waals surface area contributed by atoms with Crippen molar-refractivity contribution in [3.63, 3.8) is 0 Å². The van der Waals surface area contributed by atoms with Crippen molar-refractivity contribution in [3.05, 3.63) is 57.1 Å². The molecule has 1 aromatic heterocycles. The van der Waals surface area contributed by atoms with Crippen molar-refractivity contribution in [1.82, 2.24) is 4.98 Å². The number of hydrogen-bond acceptors (Lipinski definition) is 6. The van der Waals surface area contributed by atoms with Crippen LogP contribution in [0.5, 0.6) is 5.75 Å². The van der Waals surface area contributed by atoms with Gasteiger partial charge in [0.1, 0.15) is 5.75 Å². The zero-order chi connectivity index (χ0) is 17.3. The molecule has 3 aromatic rings.